The monoisotopic (exact) mass is 916 g/mol. The van der Waals surface area contributed by atoms with Gasteiger partial charge in [-0.1, -0.05) is 182 Å². The molecule has 0 saturated carbocycles. The van der Waals surface area contributed by atoms with E-state index >= 15 is 0 Å². The van der Waals surface area contributed by atoms with Crippen LogP contribution in [0, 0.1) is 17.9 Å². The first-order valence-corrected chi connectivity index (χ1v) is 23.9. The van der Waals surface area contributed by atoms with Crippen molar-refractivity contribution in [2.75, 3.05) is 0 Å². The highest BCUT2D eigenvalue weighted by Crippen LogP contribution is 2.44. The SMILES string of the molecule is [C-]#[N+]c1ccccc1-c1ccc2c(c1)c1ccccc1n2-c1ccccc1-c1ccc(-c2nc(-c3ccccc3)cc(-c3ccccc3)n2)cc1-n1c2ccccc2c2cc(-c3ccccc3C#N)ccc21. The molecular formula is C66H40N6. The van der Waals surface area contributed by atoms with Gasteiger partial charge < -0.3 is 9.13 Å². The second-order valence-electron chi connectivity index (χ2n) is 17.9. The Hall–Kier alpha value is -10.1. The summed E-state index contributed by atoms with van der Waals surface area (Å²) in [4.78, 5) is 14.5. The van der Waals surface area contributed by atoms with E-state index in [1.165, 1.54) is 0 Å². The number of para-hydroxylation sites is 4. The molecular weight excluding hydrogens is 877 g/mol. The van der Waals surface area contributed by atoms with Crippen LogP contribution in [-0.4, -0.2) is 19.1 Å². The number of nitriles is 1. The Balaban J connectivity index is 1.08. The van der Waals surface area contributed by atoms with Crippen molar-refractivity contribution in [1.29, 1.82) is 5.26 Å². The first kappa shape index (κ1) is 42.0. The van der Waals surface area contributed by atoms with Crippen molar-refractivity contribution in [2.45, 2.75) is 0 Å². The van der Waals surface area contributed by atoms with Gasteiger partial charge in [-0.2, -0.15) is 5.26 Å². The van der Waals surface area contributed by atoms with E-state index in [2.05, 4.69) is 178 Å². The van der Waals surface area contributed by atoms with Gasteiger partial charge in [0, 0.05) is 49.4 Å². The Kier molecular flexibility index (Phi) is 10.2. The molecule has 0 atom stereocenters. The lowest BCUT2D eigenvalue weighted by Gasteiger charge is -2.20. The van der Waals surface area contributed by atoms with Crippen molar-refractivity contribution < 1.29 is 0 Å². The molecule has 0 unspecified atom stereocenters. The smallest absolute Gasteiger partial charge is 0.194 e. The summed E-state index contributed by atoms with van der Waals surface area (Å²) in [7, 11) is 0. The van der Waals surface area contributed by atoms with Gasteiger partial charge in [0.25, 0.3) is 0 Å². The minimum absolute atomic E-state index is 0.616. The van der Waals surface area contributed by atoms with Crippen LogP contribution in [-0.2, 0) is 0 Å². The van der Waals surface area contributed by atoms with Crippen molar-refractivity contribution in [3.05, 3.63) is 260 Å². The van der Waals surface area contributed by atoms with E-state index in [0.717, 1.165) is 116 Å². The highest BCUT2D eigenvalue weighted by atomic mass is 15.0. The van der Waals surface area contributed by atoms with Crippen LogP contribution in [0.1, 0.15) is 5.56 Å². The summed E-state index contributed by atoms with van der Waals surface area (Å²) >= 11 is 0. The second kappa shape index (κ2) is 17.4. The maximum atomic E-state index is 10.2. The lowest BCUT2D eigenvalue weighted by atomic mass is 9.97. The first-order chi connectivity index (χ1) is 35.6. The van der Waals surface area contributed by atoms with Crippen molar-refractivity contribution in [3.63, 3.8) is 0 Å². The Morgan fingerprint density at radius 1 is 0.361 bits per heavy atom. The fraction of sp³-hybridized carbons (Fsp3) is 0. The summed E-state index contributed by atoms with van der Waals surface area (Å²) in [6.07, 6.45) is 0. The molecule has 0 amide bonds. The number of nitrogens with zero attached hydrogens (tertiary/aromatic N) is 6. The summed E-state index contributed by atoms with van der Waals surface area (Å²) in [5, 5.41) is 14.6. The van der Waals surface area contributed by atoms with Crippen LogP contribution in [0.4, 0.5) is 5.69 Å². The topological polar surface area (TPSA) is 63.8 Å². The number of rotatable bonds is 8. The van der Waals surface area contributed by atoms with Crippen LogP contribution >= 0.6 is 0 Å². The molecule has 0 radical (unpaired) electrons. The molecule has 0 aliphatic heterocycles. The highest BCUT2D eigenvalue weighted by molar-refractivity contribution is 6.13. The molecule has 72 heavy (non-hydrogen) atoms. The van der Waals surface area contributed by atoms with Crippen molar-refractivity contribution >= 4 is 49.3 Å². The minimum Gasteiger partial charge on any atom is -0.309 e. The summed E-state index contributed by atoms with van der Waals surface area (Å²) in [6, 6.07) is 86.3. The number of aromatic nitrogens is 4. The maximum absolute atomic E-state index is 10.2. The van der Waals surface area contributed by atoms with Gasteiger partial charge >= 0.3 is 0 Å². The highest BCUT2D eigenvalue weighted by Gasteiger charge is 2.23. The van der Waals surface area contributed by atoms with Gasteiger partial charge in [0.05, 0.1) is 63.0 Å². The van der Waals surface area contributed by atoms with Crippen LogP contribution in [0.25, 0.3) is 127 Å². The first-order valence-electron chi connectivity index (χ1n) is 23.9. The average molecular weight is 917 g/mol. The van der Waals surface area contributed by atoms with E-state index in [9.17, 15) is 5.26 Å². The Labute approximate surface area is 416 Å². The lowest BCUT2D eigenvalue weighted by molar-refractivity contribution is 1.15. The van der Waals surface area contributed by atoms with E-state index in [1.54, 1.807) is 0 Å². The van der Waals surface area contributed by atoms with Crippen LogP contribution in [0.2, 0.25) is 0 Å². The van der Waals surface area contributed by atoms with Gasteiger partial charge in [0.15, 0.2) is 11.5 Å². The molecule has 0 fully saturated rings. The molecule has 0 aliphatic rings. The molecule has 0 saturated heterocycles. The quantitative estimate of drug-likeness (QED) is 0.143. The summed E-state index contributed by atoms with van der Waals surface area (Å²) in [5.41, 5.74) is 17.9. The van der Waals surface area contributed by atoms with Gasteiger partial charge in [0.2, 0.25) is 0 Å². The zero-order valence-electron chi connectivity index (χ0n) is 38.8. The maximum Gasteiger partial charge on any atom is 0.194 e. The Morgan fingerprint density at radius 2 is 0.833 bits per heavy atom. The summed E-state index contributed by atoms with van der Waals surface area (Å²) in [6.45, 7) is 7.92. The molecule has 6 nitrogen and oxygen atoms in total. The zero-order valence-corrected chi connectivity index (χ0v) is 38.8. The molecule has 3 heterocycles. The van der Waals surface area contributed by atoms with E-state index in [0.29, 0.717) is 17.1 Å². The molecule has 0 aliphatic carbocycles. The molecule has 6 heteroatoms. The summed E-state index contributed by atoms with van der Waals surface area (Å²) in [5.74, 6) is 0.616. The number of hydrogen-bond acceptors (Lipinski definition) is 3. The number of fused-ring (bicyclic) bond motifs is 6. The van der Waals surface area contributed by atoms with E-state index in [-0.39, 0.29) is 0 Å². The normalized spacial score (nSPS) is 11.3. The molecule has 13 aromatic rings. The molecule has 13 rings (SSSR count). The van der Waals surface area contributed by atoms with Gasteiger partial charge in [-0.3, -0.25) is 0 Å². The third kappa shape index (κ3) is 7.02. The third-order valence-corrected chi connectivity index (χ3v) is 13.8. The van der Waals surface area contributed by atoms with Crippen molar-refractivity contribution in [3.8, 4) is 84.7 Å². The fourth-order valence-electron chi connectivity index (χ4n) is 10.5. The molecule has 0 spiro atoms. The molecule has 0 N–H and O–H groups in total. The zero-order chi connectivity index (χ0) is 48.1. The summed E-state index contributed by atoms with van der Waals surface area (Å²) < 4.78 is 4.76. The largest absolute Gasteiger partial charge is 0.309 e. The Bertz CT molecular complexity index is 4300. The fourth-order valence-corrected chi connectivity index (χ4v) is 10.5. The van der Waals surface area contributed by atoms with E-state index in [1.807, 2.05) is 84.9 Å². The predicted molar refractivity (Wildman–Crippen MR) is 294 cm³/mol. The van der Waals surface area contributed by atoms with Crippen LogP contribution in [0.3, 0.4) is 0 Å². The van der Waals surface area contributed by atoms with E-state index in [4.69, 9.17) is 16.5 Å². The Morgan fingerprint density at radius 3 is 1.46 bits per heavy atom. The van der Waals surface area contributed by atoms with E-state index < -0.39 is 0 Å². The van der Waals surface area contributed by atoms with Crippen LogP contribution in [0.15, 0.2) is 243 Å². The third-order valence-electron chi connectivity index (χ3n) is 13.8. The van der Waals surface area contributed by atoms with Gasteiger partial charge in [-0.05, 0) is 82.9 Å². The predicted octanol–water partition coefficient (Wildman–Crippen LogP) is 17.1. The van der Waals surface area contributed by atoms with Gasteiger partial charge in [0.1, 0.15) is 0 Å². The van der Waals surface area contributed by atoms with Gasteiger partial charge in [-0.25, -0.2) is 14.8 Å². The number of hydrogen-bond donors (Lipinski definition) is 0. The van der Waals surface area contributed by atoms with Crippen molar-refractivity contribution in [2.24, 2.45) is 0 Å². The minimum atomic E-state index is 0.616. The molecule has 0 bridgehead atoms. The molecule has 334 valence electrons. The lowest BCUT2D eigenvalue weighted by Crippen LogP contribution is -2.03. The number of benzene rings is 10. The van der Waals surface area contributed by atoms with Crippen LogP contribution < -0.4 is 0 Å². The molecule has 10 aromatic carbocycles. The standard InChI is InChI=1S/C66H40N6/c1-68-57-28-14-10-24-50(57)46-34-37-63-56(39-46)52-26-12-16-30-61(52)71(63)60-29-15-11-25-51(60)54-35-32-47(66-69-58(43-18-4-2-5-19-43)41-59(70-66)44-20-6-3-7-21-44)40-65(54)72-62-31-17-13-27-53(62)55-38-45(33-36-64(55)72)49-23-9-8-22-48(49)42-67/h2-41H. The van der Waals surface area contributed by atoms with Gasteiger partial charge in [-0.15, -0.1) is 0 Å². The van der Waals surface area contributed by atoms with Crippen LogP contribution in [0.5, 0.6) is 0 Å². The van der Waals surface area contributed by atoms with Crippen molar-refractivity contribution in [1.82, 2.24) is 19.1 Å². The second-order valence-corrected chi connectivity index (χ2v) is 17.9. The average Bonchev–Trinajstić information content (AvgIpc) is 3.97. The molecule has 3 aromatic heterocycles.